The molecule has 0 aromatic heterocycles. The summed E-state index contributed by atoms with van der Waals surface area (Å²) in [6, 6.07) is 0.177. The Morgan fingerprint density at radius 3 is 2.62 bits per heavy atom. The highest BCUT2D eigenvalue weighted by Crippen LogP contribution is 2.18. The second kappa shape index (κ2) is 3.51. The van der Waals surface area contributed by atoms with Gasteiger partial charge in [0.25, 0.3) is 0 Å². The molecule has 0 spiro atoms. The normalized spacial score (nSPS) is 33.0. The van der Waals surface area contributed by atoms with Crippen LogP contribution in [0.2, 0.25) is 0 Å². The molecule has 2 fully saturated rings. The maximum absolute atomic E-state index is 11.3. The lowest BCUT2D eigenvalue weighted by molar-refractivity contribution is 0.186. The molecular formula is C8H15N3O2. The Balaban J connectivity index is 1.72. The van der Waals surface area contributed by atoms with Gasteiger partial charge in [-0.2, -0.15) is 0 Å². The van der Waals surface area contributed by atoms with Gasteiger partial charge in [-0.15, -0.1) is 0 Å². The van der Waals surface area contributed by atoms with E-state index in [1.165, 1.54) is 0 Å². The molecule has 74 valence electrons. The van der Waals surface area contributed by atoms with Crippen molar-refractivity contribution in [2.24, 2.45) is 5.73 Å². The third kappa shape index (κ3) is 2.32. The first kappa shape index (κ1) is 8.77. The molecule has 1 aliphatic heterocycles. The van der Waals surface area contributed by atoms with Crippen molar-refractivity contribution in [2.45, 2.75) is 31.0 Å². The number of nitrogens with two attached hydrogens (primary N) is 1. The molecule has 0 aromatic carbocycles. The third-order valence-corrected chi connectivity index (χ3v) is 2.35. The zero-order valence-electron chi connectivity index (χ0n) is 7.45. The third-order valence-electron chi connectivity index (χ3n) is 2.35. The van der Waals surface area contributed by atoms with Gasteiger partial charge in [0.15, 0.2) is 0 Å². The molecule has 13 heavy (non-hydrogen) atoms. The second-order valence-electron chi connectivity index (χ2n) is 3.70. The van der Waals surface area contributed by atoms with Gasteiger partial charge in [0.05, 0.1) is 25.3 Å². The van der Waals surface area contributed by atoms with E-state index in [1.807, 2.05) is 0 Å². The van der Waals surface area contributed by atoms with Gasteiger partial charge in [-0.1, -0.05) is 0 Å². The van der Waals surface area contributed by atoms with Gasteiger partial charge in [-0.3, -0.25) is 0 Å². The first-order valence-electron chi connectivity index (χ1n) is 4.66. The van der Waals surface area contributed by atoms with E-state index < -0.39 is 0 Å². The van der Waals surface area contributed by atoms with Crippen LogP contribution in [0.1, 0.15) is 12.8 Å². The van der Waals surface area contributed by atoms with Crippen LogP contribution in [0.4, 0.5) is 4.79 Å². The first-order chi connectivity index (χ1) is 6.25. The Kier molecular flexibility index (Phi) is 2.37. The molecule has 4 N–H and O–H groups in total. The molecule has 5 nitrogen and oxygen atoms in total. The number of urea groups is 1. The average Bonchev–Trinajstić information content (AvgIpc) is 2.79. The molecule has 0 bridgehead atoms. The molecule has 1 saturated carbocycles. The van der Waals surface area contributed by atoms with Crippen LogP contribution in [0.5, 0.6) is 0 Å². The minimum atomic E-state index is -0.117. The summed E-state index contributed by atoms with van der Waals surface area (Å²) in [6.07, 6.45) is 2.20. The van der Waals surface area contributed by atoms with Gasteiger partial charge in [0.1, 0.15) is 0 Å². The number of carbonyl (C=O) groups is 1. The highest BCUT2D eigenvalue weighted by atomic mass is 16.5. The molecule has 2 amide bonds. The molecule has 0 radical (unpaired) electrons. The van der Waals surface area contributed by atoms with Crippen LogP contribution in [0.3, 0.4) is 0 Å². The lowest BCUT2D eigenvalue weighted by Crippen LogP contribution is -2.50. The summed E-state index contributed by atoms with van der Waals surface area (Å²) in [5, 5.41) is 5.64. The molecule has 1 aliphatic carbocycles. The Labute approximate surface area is 77.0 Å². The van der Waals surface area contributed by atoms with Crippen LogP contribution in [0, 0.1) is 0 Å². The SMILES string of the molecule is NC1COCC1NC(=O)NC1CC1. The molecule has 5 heteroatoms. The summed E-state index contributed by atoms with van der Waals surface area (Å²) in [5.41, 5.74) is 5.71. The van der Waals surface area contributed by atoms with E-state index in [4.69, 9.17) is 10.5 Å². The molecule has 1 heterocycles. The Morgan fingerprint density at radius 1 is 1.31 bits per heavy atom. The highest BCUT2D eigenvalue weighted by molar-refractivity contribution is 5.75. The van der Waals surface area contributed by atoms with Crippen molar-refractivity contribution in [1.82, 2.24) is 10.6 Å². The van der Waals surface area contributed by atoms with Gasteiger partial charge in [-0.05, 0) is 12.8 Å². The summed E-state index contributed by atoms with van der Waals surface area (Å²) in [4.78, 5) is 11.3. The molecule has 2 unspecified atom stereocenters. The Hall–Kier alpha value is -0.810. The Morgan fingerprint density at radius 2 is 2.08 bits per heavy atom. The van der Waals surface area contributed by atoms with Gasteiger partial charge in [0, 0.05) is 6.04 Å². The first-order valence-corrected chi connectivity index (χ1v) is 4.66. The van der Waals surface area contributed by atoms with Gasteiger partial charge in [0.2, 0.25) is 0 Å². The summed E-state index contributed by atoms with van der Waals surface area (Å²) >= 11 is 0. The minimum Gasteiger partial charge on any atom is -0.378 e. The van der Waals surface area contributed by atoms with Gasteiger partial charge < -0.3 is 21.1 Å². The topological polar surface area (TPSA) is 76.4 Å². The van der Waals surface area contributed by atoms with Crippen molar-refractivity contribution < 1.29 is 9.53 Å². The van der Waals surface area contributed by atoms with Crippen LogP contribution >= 0.6 is 0 Å². The van der Waals surface area contributed by atoms with Gasteiger partial charge >= 0.3 is 6.03 Å². The minimum absolute atomic E-state index is 0.0289. The number of nitrogens with one attached hydrogen (secondary N) is 2. The van der Waals surface area contributed by atoms with E-state index in [-0.39, 0.29) is 18.1 Å². The van der Waals surface area contributed by atoms with Crippen molar-refractivity contribution in [3.05, 3.63) is 0 Å². The standard InChI is InChI=1S/C8H15N3O2/c9-6-3-13-4-7(6)11-8(12)10-5-1-2-5/h5-7H,1-4,9H2,(H2,10,11,12). The van der Waals surface area contributed by atoms with E-state index in [0.29, 0.717) is 19.3 Å². The maximum Gasteiger partial charge on any atom is 0.315 e. The Bertz CT molecular complexity index is 206. The van der Waals surface area contributed by atoms with Crippen LogP contribution in [0.25, 0.3) is 0 Å². The molecular weight excluding hydrogens is 170 g/mol. The largest absolute Gasteiger partial charge is 0.378 e. The van der Waals surface area contributed by atoms with E-state index in [2.05, 4.69) is 10.6 Å². The number of amides is 2. The monoisotopic (exact) mass is 185 g/mol. The van der Waals surface area contributed by atoms with Crippen LogP contribution in [-0.2, 0) is 4.74 Å². The fourth-order valence-electron chi connectivity index (χ4n) is 1.34. The zero-order chi connectivity index (χ0) is 9.26. The fourth-order valence-corrected chi connectivity index (χ4v) is 1.34. The fraction of sp³-hybridized carbons (Fsp3) is 0.875. The quantitative estimate of drug-likeness (QED) is 0.526. The second-order valence-corrected chi connectivity index (χ2v) is 3.70. The maximum atomic E-state index is 11.3. The number of ether oxygens (including phenoxy) is 1. The van der Waals surface area contributed by atoms with E-state index in [1.54, 1.807) is 0 Å². The van der Waals surface area contributed by atoms with Crippen LogP contribution in [0.15, 0.2) is 0 Å². The smallest absolute Gasteiger partial charge is 0.315 e. The predicted octanol–water partition coefficient (Wildman–Crippen LogP) is -0.826. The van der Waals surface area contributed by atoms with Gasteiger partial charge in [-0.25, -0.2) is 4.79 Å². The van der Waals surface area contributed by atoms with Crippen molar-refractivity contribution in [3.63, 3.8) is 0 Å². The van der Waals surface area contributed by atoms with Crippen LogP contribution in [-0.4, -0.2) is 37.4 Å². The molecule has 2 atom stereocenters. The average molecular weight is 185 g/mol. The number of rotatable bonds is 2. The highest BCUT2D eigenvalue weighted by Gasteiger charge is 2.28. The number of carbonyl (C=O) groups excluding carboxylic acids is 1. The molecule has 0 aromatic rings. The summed E-state index contributed by atoms with van der Waals surface area (Å²) in [6.45, 7) is 1.06. The molecule has 2 rings (SSSR count). The van der Waals surface area contributed by atoms with E-state index in [0.717, 1.165) is 12.8 Å². The zero-order valence-corrected chi connectivity index (χ0v) is 7.45. The summed E-state index contributed by atoms with van der Waals surface area (Å²) < 4.78 is 5.12. The van der Waals surface area contributed by atoms with Crippen molar-refractivity contribution in [3.8, 4) is 0 Å². The van der Waals surface area contributed by atoms with Crippen molar-refractivity contribution in [1.29, 1.82) is 0 Å². The lowest BCUT2D eigenvalue weighted by atomic mass is 10.2. The number of hydrogen-bond acceptors (Lipinski definition) is 3. The predicted molar refractivity (Wildman–Crippen MR) is 47.3 cm³/mol. The van der Waals surface area contributed by atoms with Crippen LogP contribution < -0.4 is 16.4 Å². The van der Waals surface area contributed by atoms with E-state index in [9.17, 15) is 4.79 Å². The lowest BCUT2D eigenvalue weighted by Gasteiger charge is -2.15. The van der Waals surface area contributed by atoms with E-state index >= 15 is 0 Å². The summed E-state index contributed by atoms with van der Waals surface area (Å²) in [7, 11) is 0. The van der Waals surface area contributed by atoms with Crippen molar-refractivity contribution in [2.75, 3.05) is 13.2 Å². The van der Waals surface area contributed by atoms with Crippen molar-refractivity contribution >= 4 is 6.03 Å². The molecule has 1 saturated heterocycles. The summed E-state index contributed by atoms with van der Waals surface area (Å²) in [5.74, 6) is 0. The molecule has 2 aliphatic rings. The number of hydrogen-bond donors (Lipinski definition) is 3.